The lowest BCUT2D eigenvalue weighted by Crippen LogP contribution is -2.16. The first-order chi connectivity index (χ1) is 16.8. The van der Waals surface area contributed by atoms with Gasteiger partial charge in [-0.25, -0.2) is 4.39 Å². The van der Waals surface area contributed by atoms with Crippen LogP contribution in [0.5, 0.6) is 0 Å². The van der Waals surface area contributed by atoms with E-state index in [1.54, 1.807) is 27.7 Å². The van der Waals surface area contributed by atoms with E-state index in [2.05, 4.69) is 0 Å². The van der Waals surface area contributed by atoms with Gasteiger partial charge >= 0.3 is 36.0 Å². The zero-order valence-electron chi connectivity index (χ0n) is 22.3. The molecule has 12 nitrogen and oxygen atoms in total. The molecule has 36 heavy (non-hydrogen) atoms. The van der Waals surface area contributed by atoms with Crippen molar-refractivity contribution in [2.45, 2.75) is 60.5 Å². The van der Waals surface area contributed by atoms with Crippen molar-refractivity contribution < 1.29 is 58.8 Å². The molecule has 3 unspecified atom stereocenters. The molecule has 0 heterocycles. The van der Waals surface area contributed by atoms with E-state index in [0.29, 0.717) is 0 Å². The molecule has 0 saturated carbocycles. The van der Waals surface area contributed by atoms with Crippen LogP contribution in [-0.2, 0) is 54.5 Å². The van der Waals surface area contributed by atoms with E-state index in [0.717, 1.165) is 0 Å². The van der Waals surface area contributed by atoms with E-state index in [1.165, 1.54) is 20.8 Å². The lowest BCUT2D eigenvalue weighted by atomic mass is 10.1. The summed E-state index contributed by atoms with van der Waals surface area (Å²) in [5.74, 6) is -0.932. The molecule has 218 valence electrons. The first-order valence-electron chi connectivity index (χ1n) is 12.0. The molecule has 0 aromatic carbocycles. The van der Waals surface area contributed by atoms with Crippen LogP contribution in [0.2, 0.25) is 0 Å². The van der Waals surface area contributed by atoms with Crippen molar-refractivity contribution in [1.29, 1.82) is 0 Å². The normalized spacial score (nSPS) is 17.9. The molecule has 0 rings (SSSR count). The summed E-state index contributed by atoms with van der Waals surface area (Å²) < 4.78 is 108. The molecule has 4 atom stereocenters. The second-order valence-electron chi connectivity index (χ2n) is 7.28. The summed E-state index contributed by atoms with van der Waals surface area (Å²) in [7, 11) is -16.5. The van der Waals surface area contributed by atoms with Gasteiger partial charge in [-0.15, -0.1) is 0 Å². The Morgan fingerprint density at radius 2 is 0.944 bits per heavy atom. The Balaban J connectivity index is 5.22. The second-order valence-corrected chi connectivity index (χ2v) is 16.4. The van der Waals surface area contributed by atoms with E-state index in [1.807, 2.05) is 0 Å². The molecule has 0 radical (unpaired) electrons. The number of hydrogen-bond donors (Lipinski definition) is 0. The fourth-order valence-corrected chi connectivity index (χ4v) is 11.9. The molecule has 0 bridgehead atoms. The molecule has 17 heteroatoms. The Hall–Kier alpha value is 0.530. The fraction of sp³-hybridized carbons (Fsp3) is 1.00. The Labute approximate surface area is 214 Å². The first kappa shape index (κ1) is 36.5. The topological polar surface area (TPSA) is 142 Å². The van der Waals surface area contributed by atoms with Crippen LogP contribution in [0, 0.1) is 5.92 Å². The third-order valence-corrected chi connectivity index (χ3v) is 14.6. The SMILES string of the molecule is CCOP(=O)(CP(=O)(OCC)OCC[C@@H](C)COP(=O)(OCC)C(F)P(=O)(OCC)OCC)OCC. The van der Waals surface area contributed by atoms with Crippen molar-refractivity contribution >= 4 is 30.4 Å². The minimum Gasteiger partial charge on any atom is -0.308 e. The molecule has 0 fully saturated rings. The summed E-state index contributed by atoms with van der Waals surface area (Å²) in [5, 5.41) is 0. The first-order valence-corrected chi connectivity index (χ1v) is 18.7. The largest absolute Gasteiger partial charge is 0.377 e. The lowest BCUT2D eigenvalue weighted by Gasteiger charge is -2.27. The Bertz CT molecular complexity index is 778. The van der Waals surface area contributed by atoms with Crippen LogP contribution in [-0.4, -0.2) is 64.4 Å². The molecule has 0 aliphatic carbocycles. The van der Waals surface area contributed by atoms with Gasteiger partial charge in [0.1, 0.15) is 0 Å². The summed E-state index contributed by atoms with van der Waals surface area (Å²) in [6, 6.07) is 0. The summed E-state index contributed by atoms with van der Waals surface area (Å²) in [6.45, 7) is 10.5. The quantitative estimate of drug-likeness (QED) is 0.108. The van der Waals surface area contributed by atoms with Crippen LogP contribution in [0.15, 0.2) is 0 Å². The monoisotopic (exact) mass is 606 g/mol. The summed E-state index contributed by atoms with van der Waals surface area (Å²) in [4.78, 5) is 0. The Kier molecular flexibility index (Phi) is 18.3. The average molecular weight is 606 g/mol. The molecule has 0 N–H and O–H groups in total. The highest BCUT2D eigenvalue weighted by Gasteiger charge is 2.52. The summed E-state index contributed by atoms with van der Waals surface area (Å²) in [6.07, 6.45) is 0.224. The van der Waals surface area contributed by atoms with Crippen molar-refractivity contribution in [2.24, 2.45) is 5.92 Å². The van der Waals surface area contributed by atoms with Gasteiger partial charge in [-0.3, -0.25) is 18.3 Å². The van der Waals surface area contributed by atoms with E-state index < -0.39 is 41.9 Å². The minimum absolute atomic E-state index is 0.0450. The van der Waals surface area contributed by atoms with E-state index in [9.17, 15) is 18.3 Å². The molecule has 0 saturated heterocycles. The van der Waals surface area contributed by atoms with Crippen LogP contribution in [0.25, 0.3) is 0 Å². The molecule has 0 aliphatic heterocycles. The van der Waals surface area contributed by atoms with Gasteiger partial charge < -0.3 is 36.2 Å². The maximum absolute atomic E-state index is 15.1. The molecule has 0 aromatic rings. The third-order valence-electron chi connectivity index (χ3n) is 4.21. The molecular weight excluding hydrogens is 563 g/mol. The number of hydrogen-bond acceptors (Lipinski definition) is 12. The lowest BCUT2D eigenvalue weighted by molar-refractivity contribution is 0.145. The smallest absolute Gasteiger partial charge is 0.308 e. The van der Waals surface area contributed by atoms with E-state index in [4.69, 9.17) is 36.2 Å². The molecular formula is C19H43FO12P4. The maximum Gasteiger partial charge on any atom is 0.377 e. The van der Waals surface area contributed by atoms with Crippen LogP contribution < -0.4 is 0 Å². The zero-order chi connectivity index (χ0) is 27.9. The Morgan fingerprint density at radius 3 is 1.33 bits per heavy atom. The molecule has 0 spiro atoms. The van der Waals surface area contributed by atoms with Crippen LogP contribution in [0.4, 0.5) is 4.39 Å². The van der Waals surface area contributed by atoms with Gasteiger partial charge in [0.25, 0.3) is 0 Å². The van der Waals surface area contributed by atoms with E-state index >= 15 is 4.39 Å². The van der Waals surface area contributed by atoms with Crippen LogP contribution >= 0.6 is 30.4 Å². The second kappa shape index (κ2) is 18.0. The Morgan fingerprint density at radius 1 is 0.583 bits per heavy atom. The average Bonchev–Trinajstić information content (AvgIpc) is 2.78. The van der Waals surface area contributed by atoms with Crippen LogP contribution in [0.1, 0.15) is 54.9 Å². The minimum atomic E-state index is -4.53. The van der Waals surface area contributed by atoms with Crippen molar-refractivity contribution in [3.63, 3.8) is 0 Å². The zero-order valence-corrected chi connectivity index (χ0v) is 25.9. The van der Waals surface area contributed by atoms with Gasteiger partial charge in [0, 0.05) is 0 Å². The summed E-state index contributed by atoms with van der Waals surface area (Å²) in [5.41, 5.74) is -2.63. The fourth-order valence-electron chi connectivity index (χ4n) is 2.78. The van der Waals surface area contributed by atoms with Crippen LogP contribution in [0.3, 0.4) is 0 Å². The van der Waals surface area contributed by atoms with E-state index in [-0.39, 0.29) is 65.2 Å². The highest BCUT2D eigenvalue weighted by atomic mass is 31.2. The van der Waals surface area contributed by atoms with Crippen molar-refractivity contribution in [2.75, 3.05) is 58.8 Å². The standard InChI is InChI=1S/C19H43FO12P4/c1-8-25-33(21,26-9-2)17-34(22,27-10-3)31-15-14-18(7)16-32-36(24,30-13-6)19(20)35(23,28-11-4)29-12-5/h18-19H,8-17H2,1-7H3/t18-,19?,34?,36?/m1/s1. The highest BCUT2D eigenvalue weighted by molar-refractivity contribution is 7.72. The van der Waals surface area contributed by atoms with Gasteiger partial charge in [0.15, 0.2) is 5.90 Å². The summed E-state index contributed by atoms with van der Waals surface area (Å²) >= 11 is 0. The van der Waals surface area contributed by atoms with Gasteiger partial charge in [-0.05, 0) is 53.9 Å². The predicted octanol–water partition coefficient (Wildman–Crippen LogP) is 7.25. The van der Waals surface area contributed by atoms with Crippen molar-refractivity contribution in [1.82, 2.24) is 0 Å². The predicted molar refractivity (Wildman–Crippen MR) is 136 cm³/mol. The van der Waals surface area contributed by atoms with Gasteiger partial charge in [-0.2, -0.15) is 0 Å². The number of rotatable bonds is 23. The molecule has 0 amide bonds. The van der Waals surface area contributed by atoms with Gasteiger partial charge in [0.2, 0.25) is 0 Å². The maximum atomic E-state index is 15.1. The highest BCUT2D eigenvalue weighted by Crippen LogP contribution is 2.71. The third kappa shape index (κ3) is 12.6. The van der Waals surface area contributed by atoms with Gasteiger partial charge in [0.05, 0.1) is 52.9 Å². The molecule has 0 aliphatic rings. The van der Waals surface area contributed by atoms with Crippen molar-refractivity contribution in [3.8, 4) is 0 Å². The number of halogens is 1. The van der Waals surface area contributed by atoms with Crippen molar-refractivity contribution in [3.05, 3.63) is 0 Å². The number of alkyl halides is 1. The van der Waals surface area contributed by atoms with Gasteiger partial charge in [-0.1, -0.05) is 6.92 Å². The molecule has 0 aromatic heterocycles.